The zero-order valence-corrected chi connectivity index (χ0v) is 11.7. The van der Waals surface area contributed by atoms with Crippen molar-refractivity contribution in [1.82, 2.24) is 10.6 Å². The van der Waals surface area contributed by atoms with E-state index in [2.05, 4.69) is 10.6 Å². The summed E-state index contributed by atoms with van der Waals surface area (Å²) in [4.78, 5) is 23.2. The molecule has 19 heavy (non-hydrogen) atoms. The Morgan fingerprint density at radius 3 is 2.79 bits per heavy atom. The van der Waals surface area contributed by atoms with Crippen LogP contribution in [0.25, 0.3) is 0 Å². The van der Waals surface area contributed by atoms with Gasteiger partial charge in [0.2, 0.25) is 0 Å². The number of ether oxygens (including phenoxy) is 1. The van der Waals surface area contributed by atoms with Crippen LogP contribution in [0, 0.1) is 5.92 Å². The Hall–Kier alpha value is -1.30. The molecule has 1 fully saturated rings. The van der Waals surface area contributed by atoms with Crippen molar-refractivity contribution in [3.8, 4) is 0 Å². The highest BCUT2D eigenvalue weighted by Crippen LogP contribution is 2.32. The van der Waals surface area contributed by atoms with Crippen LogP contribution in [0.1, 0.15) is 39.5 Å². The fourth-order valence-corrected chi connectivity index (χ4v) is 2.56. The minimum atomic E-state index is -1.12. The summed E-state index contributed by atoms with van der Waals surface area (Å²) in [5.74, 6) is -0.632. The minimum Gasteiger partial charge on any atom is -0.480 e. The van der Waals surface area contributed by atoms with E-state index in [0.717, 1.165) is 12.8 Å². The summed E-state index contributed by atoms with van der Waals surface area (Å²) in [7, 11) is 0. The van der Waals surface area contributed by atoms with Gasteiger partial charge in [0.15, 0.2) is 0 Å². The normalized spacial score (nSPS) is 26.7. The Morgan fingerprint density at radius 1 is 1.47 bits per heavy atom. The van der Waals surface area contributed by atoms with Gasteiger partial charge in [0.05, 0.1) is 6.61 Å². The summed E-state index contributed by atoms with van der Waals surface area (Å²) in [5.41, 5.74) is -1.12. The first kappa shape index (κ1) is 15.8. The van der Waals surface area contributed by atoms with Gasteiger partial charge in [0.1, 0.15) is 5.54 Å². The maximum Gasteiger partial charge on any atom is 0.329 e. The molecule has 1 saturated carbocycles. The summed E-state index contributed by atoms with van der Waals surface area (Å²) in [6.07, 6.45) is 2.82. The van der Waals surface area contributed by atoms with E-state index >= 15 is 0 Å². The summed E-state index contributed by atoms with van der Waals surface area (Å²) >= 11 is 0. The third kappa shape index (κ3) is 4.70. The van der Waals surface area contributed by atoms with Crippen molar-refractivity contribution < 1.29 is 19.4 Å². The third-order valence-corrected chi connectivity index (χ3v) is 3.50. The van der Waals surface area contributed by atoms with Gasteiger partial charge in [-0.15, -0.1) is 0 Å². The fraction of sp³-hybridized carbons (Fsp3) is 0.846. The van der Waals surface area contributed by atoms with Crippen LogP contribution in [-0.4, -0.2) is 42.4 Å². The number of hydrogen-bond donors (Lipinski definition) is 3. The molecule has 0 aromatic carbocycles. The summed E-state index contributed by atoms with van der Waals surface area (Å²) < 4.78 is 5.10. The van der Waals surface area contributed by atoms with Crippen molar-refractivity contribution in [2.75, 3.05) is 19.8 Å². The molecule has 6 heteroatoms. The molecule has 0 bridgehead atoms. The lowest BCUT2D eigenvalue weighted by molar-refractivity contribution is -0.146. The van der Waals surface area contributed by atoms with Crippen molar-refractivity contribution >= 4 is 12.0 Å². The number of rotatable bonds is 6. The molecule has 0 heterocycles. The summed E-state index contributed by atoms with van der Waals surface area (Å²) in [5, 5.41) is 14.7. The smallest absolute Gasteiger partial charge is 0.329 e. The summed E-state index contributed by atoms with van der Waals surface area (Å²) in [6.45, 7) is 5.31. The molecule has 2 atom stereocenters. The lowest BCUT2D eigenvalue weighted by atomic mass is 9.76. The lowest BCUT2D eigenvalue weighted by Crippen LogP contribution is -2.59. The predicted molar refractivity (Wildman–Crippen MR) is 71.0 cm³/mol. The summed E-state index contributed by atoms with van der Waals surface area (Å²) in [6, 6.07) is -0.434. The zero-order valence-electron chi connectivity index (χ0n) is 11.7. The second-order valence-corrected chi connectivity index (χ2v) is 5.17. The van der Waals surface area contributed by atoms with Crippen LogP contribution in [0.5, 0.6) is 0 Å². The van der Waals surface area contributed by atoms with Crippen LogP contribution < -0.4 is 10.6 Å². The molecule has 2 unspecified atom stereocenters. The molecule has 0 aromatic rings. The van der Waals surface area contributed by atoms with Crippen LogP contribution in [0.15, 0.2) is 0 Å². The first-order valence-corrected chi connectivity index (χ1v) is 6.87. The maximum absolute atomic E-state index is 11.7. The monoisotopic (exact) mass is 272 g/mol. The van der Waals surface area contributed by atoms with Crippen molar-refractivity contribution in [2.45, 2.75) is 45.1 Å². The first-order chi connectivity index (χ1) is 9.00. The number of carbonyl (C=O) groups is 2. The van der Waals surface area contributed by atoms with Crippen molar-refractivity contribution in [3.05, 3.63) is 0 Å². The molecule has 1 aliphatic rings. The quantitative estimate of drug-likeness (QED) is 0.637. The highest BCUT2D eigenvalue weighted by molar-refractivity contribution is 5.86. The Kier molecular flexibility index (Phi) is 6.08. The van der Waals surface area contributed by atoms with Gasteiger partial charge < -0.3 is 20.5 Å². The van der Waals surface area contributed by atoms with E-state index in [1.807, 2.05) is 13.8 Å². The Morgan fingerprint density at radius 2 is 2.21 bits per heavy atom. The second kappa shape index (κ2) is 7.33. The SMILES string of the molecule is CCOCCNC(=O)NC1(C(=O)O)CCCC(C)C1. The Balaban J connectivity index is 2.49. The zero-order chi connectivity index (χ0) is 14.3. The largest absolute Gasteiger partial charge is 0.480 e. The van der Waals surface area contributed by atoms with Crippen LogP contribution in [0.3, 0.4) is 0 Å². The molecular weight excluding hydrogens is 248 g/mol. The van der Waals surface area contributed by atoms with E-state index in [9.17, 15) is 14.7 Å². The van der Waals surface area contributed by atoms with Gasteiger partial charge in [-0.3, -0.25) is 0 Å². The van der Waals surface area contributed by atoms with Gasteiger partial charge in [0, 0.05) is 13.2 Å². The molecule has 3 N–H and O–H groups in total. The molecular formula is C13H24N2O4. The standard InChI is InChI=1S/C13H24N2O4/c1-3-19-8-7-14-12(18)15-13(11(16)17)6-4-5-10(2)9-13/h10H,3-9H2,1-2H3,(H,16,17)(H2,14,15,18). The van der Waals surface area contributed by atoms with Crippen LogP contribution in [0.4, 0.5) is 4.79 Å². The van der Waals surface area contributed by atoms with Crippen LogP contribution >= 0.6 is 0 Å². The van der Waals surface area contributed by atoms with E-state index in [1.165, 1.54) is 0 Å². The van der Waals surface area contributed by atoms with Gasteiger partial charge in [0.25, 0.3) is 0 Å². The number of carboxylic acid groups (broad SMARTS) is 1. The molecule has 6 nitrogen and oxygen atoms in total. The van der Waals surface area contributed by atoms with Crippen LogP contribution in [0.2, 0.25) is 0 Å². The lowest BCUT2D eigenvalue weighted by Gasteiger charge is -2.36. The average Bonchev–Trinajstić information content (AvgIpc) is 2.34. The number of hydrogen-bond acceptors (Lipinski definition) is 3. The molecule has 110 valence electrons. The van der Waals surface area contributed by atoms with Gasteiger partial charge in [-0.25, -0.2) is 9.59 Å². The molecule has 0 aliphatic heterocycles. The predicted octanol–water partition coefficient (Wildman–Crippen LogP) is 1.36. The number of aliphatic carboxylic acids is 1. The number of amides is 2. The highest BCUT2D eigenvalue weighted by atomic mass is 16.5. The molecule has 1 aliphatic carbocycles. The molecule has 0 saturated heterocycles. The Labute approximate surface area is 113 Å². The highest BCUT2D eigenvalue weighted by Gasteiger charge is 2.43. The second-order valence-electron chi connectivity index (χ2n) is 5.17. The molecule has 0 radical (unpaired) electrons. The van der Waals surface area contributed by atoms with E-state index in [4.69, 9.17) is 4.74 Å². The van der Waals surface area contributed by atoms with Gasteiger partial charge in [-0.05, 0) is 25.7 Å². The minimum absolute atomic E-state index is 0.313. The number of nitrogens with one attached hydrogen (secondary N) is 2. The molecule has 0 spiro atoms. The van der Waals surface area contributed by atoms with Crippen LogP contribution in [-0.2, 0) is 9.53 Å². The number of carbonyl (C=O) groups excluding carboxylic acids is 1. The number of carboxylic acids is 1. The van der Waals surface area contributed by atoms with E-state index < -0.39 is 17.5 Å². The molecule has 2 amide bonds. The van der Waals surface area contributed by atoms with E-state index in [-0.39, 0.29) is 0 Å². The average molecular weight is 272 g/mol. The van der Waals surface area contributed by atoms with Crippen molar-refractivity contribution in [1.29, 1.82) is 0 Å². The number of urea groups is 1. The van der Waals surface area contributed by atoms with E-state index in [1.54, 1.807) is 0 Å². The third-order valence-electron chi connectivity index (χ3n) is 3.50. The topological polar surface area (TPSA) is 87.7 Å². The Bertz CT molecular complexity index is 322. The van der Waals surface area contributed by atoms with Gasteiger partial charge >= 0.3 is 12.0 Å². The van der Waals surface area contributed by atoms with E-state index in [0.29, 0.717) is 38.5 Å². The van der Waals surface area contributed by atoms with Gasteiger partial charge in [-0.1, -0.05) is 19.8 Å². The van der Waals surface area contributed by atoms with Crippen molar-refractivity contribution in [3.63, 3.8) is 0 Å². The molecule has 0 aromatic heterocycles. The molecule has 1 rings (SSSR count). The first-order valence-electron chi connectivity index (χ1n) is 6.87. The maximum atomic E-state index is 11.7. The fourth-order valence-electron chi connectivity index (χ4n) is 2.56. The van der Waals surface area contributed by atoms with Gasteiger partial charge in [-0.2, -0.15) is 0 Å². The van der Waals surface area contributed by atoms with Crippen molar-refractivity contribution in [2.24, 2.45) is 5.92 Å².